The van der Waals surface area contributed by atoms with Gasteiger partial charge in [-0.2, -0.15) is 9.78 Å². The lowest BCUT2D eigenvalue weighted by molar-refractivity contribution is -0.379. The van der Waals surface area contributed by atoms with E-state index in [0.717, 1.165) is 0 Å². The van der Waals surface area contributed by atoms with Gasteiger partial charge in [0.1, 0.15) is 5.69 Å². The highest BCUT2D eigenvalue weighted by molar-refractivity contribution is 9.11. The summed E-state index contributed by atoms with van der Waals surface area (Å²) in [5.41, 5.74) is 8.12. The van der Waals surface area contributed by atoms with Crippen molar-refractivity contribution in [2.24, 2.45) is 17.5 Å². The number of fused-ring (bicyclic) bond motifs is 4. The van der Waals surface area contributed by atoms with E-state index in [9.17, 15) is 24.9 Å². The largest absolute Gasteiger partial charge is 0.392 e. The van der Waals surface area contributed by atoms with Crippen LogP contribution in [0.15, 0.2) is 76.7 Å². The number of carbonyl (C=O) groups is 1. The predicted molar refractivity (Wildman–Crippen MR) is 169 cm³/mol. The van der Waals surface area contributed by atoms with Crippen LogP contribution in [0.3, 0.4) is 0 Å². The second-order valence-electron chi connectivity index (χ2n) is 10.5. The summed E-state index contributed by atoms with van der Waals surface area (Å²) in [4.78, 5) is 31.3. The lowest BCUT2D eigenvalue weighted by atomic mass is 9.94. The van der Waals surface area contributed by atoms with Crippen molar-refractivity contribution in [3.05, 3.63) is 92.8 Å². The third kappa shape index (κ3) is 6.55. The second kappa shape index (κ2) is 12.5. The van der Waals surface area contributed by atoms with E-state index in [1.807, 2.05) is 6.07 Å². The van der Waals surface area contributed by atoms with Gasteiger partial charge in [0.2, 0.25) is 5.91 Å². The van der Waals surface area contributed by atoms with Crippen molar-refractivity contribution in [1.29, 1.82) is 0 Å². The Kier molecular flexibility index (Phi) is 8.92. The van der Waals surface area contributed by atoms with Crippen LogP contribution in [0.1, 0.15) is 37.8 Å². The van der Waals surface area contributed by atoms with Crippen molar-refractivity contribution in [1.82, 2.24) is 19.3 Å². The number of nitrogens with one attached hydrogen (secondary N) is 1. The summed E-state index contributed by atoms with van der Waals surface area (Å²) in [6, 6.07) is 12.9. The number of hydrogen-bond acceptors (Lipinski definition) is 10. The van der Waals surface area contributed by atoms with E-state index in [0.29, 0.717) is 61.6 Å². The fraction of sp³-hybridized carbons (Fsp3) is 0.241. The van der Waals surface area contributed by atoms with Crippen LogP contribution in [0.5, 0.6) is 0 Å². The van der Waals surface area contributed by atoms with Crippen molar-refractivity contribution in [3.63, 3.8) is 0 Å². The lowest BCUT2D eigenvalue weighted by Gasteiger charge is -2.24. The van der Waals surface area contributed by atoms with Crippen LogP contribution in [0, 0.1) is 5.92 Å². The summed E-state index contributed by atoms with van der Waals surface area (Å²) in [5, 5.41) is 38.3. The molecule has 0 saturated carbocycles. The molecule has 8 N–H and O–H groups in total. The zero-order chi connectivity index (χ0) is 31.8. The van der Waals surface area contributed by atoms with Crippen LogP contribution < -0.4 is 27.5 Å². The van der Waals surface area contributed by atoms with Gasteiger partial charge in [-0.1, -0.05) is 43.1 Å². The number of benzene rings is 2. The first kappa shape index (κ1) is 31.4. The summed E-state index contributed by atoms with van der Waals surface area (Å²) in [6.45, 7) is 1.78. The molecule has 15 heteroatoms. The highest BCUT2D eigenvalue weighted by atomic mass is 79.9. The van der Waals surface area contributed by atoms with Crippen molar-refractivity contribution in [2.45, 2.75) is 38.3 Å². The van der Waals surface area contributed by atoms with E-state index in [1.165, 1.54) is 34.4 Å². The van der Waals surface area contributed by atoms with Crippen LogP contribution in [-0.2, 0) is 10.9 Å². The van der Waals surface area contributed by atoms with Crippen molar-refractivity contribution in [3.8, 4) is 22.5 Å². The number of nitrogens with two attached hydrogens (primary N) is 2. The molecule has 1 aliphatic heterocycles. The van der Waals surface area contributed by atoms with Crippen molar-refractivity contribution in [2.75, 3.05) is 10.3 Å². The Morgan fingerprint density at radius 2 is 1.95 bits per heavy atom. The molecule has 2 aromatic heterocycles. The maximum atomic E-state index is 13.7. The molecule has 0 spiro atoms. The zero-order valence-electron chi connectivity index (χ0n) is 23.4. The molecule has 0 aliphatic carbocycles. The number of anilines is 2. The van der Waals surface area contributed by atoms with Gasteiger partial charge in [-0.05, 0) is 58.6 Å². The summed E-state index contributed by atoms with van der Waals surface area (Å²) < 4.78 is 2.39. The molecule has 2 aromatic carbocycles. The molecule has 2 bridgehead atoms. The van der Waals surface area contributed by atoms with Crippen molar-refractivity contribution >= 4 is 44.8 Å². The molecule has 2 unspecified atom stereocenters. The number of hydrogen-bond donors (Lipinski definition) is 6. The third-order valence-electron chi connectivity index (χ3n) is 7.37. The normalized spacial score (nSPS) is 17.7. The highest BCUT2D eigenvalue weighted by Crippen LogP contribution is 2.36. The number of hydrazine groups is 1. The molecule has 0 saturated heterocycles. The van der Waals surface area contributed by atoms with E-state index in [-0.39, 0.29) is 22.8 Å². The first-order chi connectivity index (χ1) is 20.8. The number of aromatic nitrogens is 4. The fourth-order valence-electron chi connectivity index (χ4n) is 5.24. The summed E-state index contributed by atoms with van der Waals surface area (Å²) in [7, 11) is 0. The number of amides is 1. The maximum Gasteiger partial charge on any atom is 0.389 e. The average molecular weight is 686 g/mol. The molecular formula is C29H30BrClN8O5. The topological polar surface area (TPSA) is 198 Å². The SMILES string of the molecule is CC1CCCC(n2cnc(-c3cc(Cl)ccc3N(N)/C=C(\N)Br)cc2=O)c2cccc(c2)-c2c(cnn2C(O)(O)O)NC1=O. The first-order valence-electron chi connectivity index (χ1n) is 13.5. The lowest BCUT2D eigenvalue weighted by Crippen LogP contribution is -2.34. The molecule has 1 amide bonds. The molecular weight excluding hydrogens is 656 g/mol. The minimum Gasteiger partial charge on any atom is -0.392 e. The number of rotatable bonds is 5. The minimum absolute atomic E-state index is 0.0676. The van der Waals surface area contributed by atoms with Crippen LogP contribution in [-0.4, -0.2) is 40.6 Å². The standard InChI is InChI=1S/C29H30BrClN8O5/c1-16-4-2-7-23(17-5-3-6-18(10-17)27-22(36-28(16)41)13-35-39(27)29(42,43)44)37-15-34-21(12-26(37)40)20-11-19(31)8-9-24(20)38(33)14-25(30)32/h3,5-6,8-16,23,42-44H,2,4,7,32-33H2,1H3,(H,36,41)/b25-14-. The van der Waals surface area contributed by atoms with Gasteiger partial charge in [0.15, 0.2) is 0 Å². The fourth-order valence-corrected chi connectivity index (χ4v) is 5.63. The van der Waals surface area contributed by atoms with Gasteiger partial charge in [-0.25, -0.2) is 10.8 Å². The first-order valence-corrected chi connectivity index (χ1v) is 14.7. The number of carbonyl (C=O) groups excluding carboxylic acids is 1. The van der Waals surface area contributed by atoms with Crippen LogP contribution in [0.25, 0.3) is 22.5 Å². The van der Waals surface area contributed by atoms with E-state index >= 15 is 0 Å². The maximum absolute atomic E-state index is 13.7. The van der Waals surface area contributed by atoms with Gasteiger partial charge in [-0.3, -0.25) is 19.2 Å². The molecule has 3 heterocycles. The Hall–Kier alpha value is -4.05. The third-order valence-corrected chi connectivity index (χ3v) is 7.81. The zero-order valence-corrected chi connectivity index (χ0v) is 25.8. The summed E-state index contributed by atoms with van der Waals surface area (Å²) in [5.74, 6) is 5.47. The average Bonchev–Trinajstić information content (AvgIpc) is 3.39. The molecule has 230 valence electrons. The minimum atomic E-state index is -3.33. The van der Waals surface area contributed by atoms with Gasteiger partial charge in [0.05, 0.1) is 46.4 Å². The molecule has 2 atom stereocenters. The predicted octanol–water partition coefficient (Wildman–Crippen LogP) is 3.15. The summed E-state index contributed by atoms with van der Waals surface area (Å²) in [6.07, 6.45) is 2.42. The van der Waals surface area contributed by atoms with Crippen molar-refractivity contribution < 1.29 is 20.1 Å². The molecule has 13 nitrogen and oxygen atoms in total. The number of aliphatic hydroxyl groups is 3. The van der Waals surface area contributed by atoms with Crippen LogP contribution in [0.2, 0.25) is 5.02 Å². The van der Waals surface area contributed by atoms with E-state index in [2.05, 4.69) is 31.3 Å². The van der Waals surface area contributed by atoms with E-state index in [4.69, 9.17) is 23.2 Å². The molecule has 44 heavy (non-hydrogen) atoms. The number of halogens is 2. The number of nitrogens with zero attached hydrogens (tertiary/aromatic N) is 5. The van der Waals surface area contributed by atoms with Gasteiger partial charge >= 0.3 is 6.10 Å². The smallest absolute Gasteiger partial charge is 0.389 e. The van der Waals surface area contributed by atoms with Crippen LogP contribution in [0.4, 0.5) is 11.4 Å². The Labute approximate surface area is 265 Å². The quantitative estimate of drug-likeness (QED) is 0.0786. The van der Waals surface area contributed by atoms with Gasteiger partial charge in [0.25, 0.3) is 5.56 Å². The molecule has 5 rings (SSSR count). The van der Waals surface area contributed by atoms with Gasteiger partial charge in [-0.15, -0.1) is 0 Å². The second-order valence-corrected chi connectivity index (χ2v) is 11.8. The molecule has 0 fully saturated rings. The van der Waals surface area contributed by atoms with Gasteiger partial charge in [0, 0.05) is 28.1 Å². The monoisotopic (exact) mass is 684 g/mol. The van der Waals surface area contributed by atoms with E-state index < -0.39 is 18.1 Å². The molecule has 4 aromatic rings. The Balaban J connectivity index is 1.62. The highest BCUT2D eigenvalue weighted by Gasteiger charge is 2.31. The Bertz CT molecular complexity index is 1800. The Morgan fingerprint density at radius 3 is 2.66 bits per heavy atom. The summed E-state index contributed by atoms with van der Waals surface area (Å²) >= 11 is 9.44. The molecule has 0 radical (unpaired) electrons. The van der Waals surface area contributed by atoms with E-state index in [1.54, 1.807) is 43.3 Å². The van der Waals surface area contributed by atoms with Gasteiger partial charge < -0.3 is 26.4 Å². The van der Waals surface area contributed by atoms with Crippen LogP contribution >= 0.6 is 27.5 Å². The Morgan fingerprint density at radius 1 is 1.18 bits per heavy atom. The molecule has 1 aliphatic rings.